The van der Waals surface area contributed by atoms with Gasteiger partial charge in [0.05, 0.1) is 12.3 Å². The number of rotatable bonds is 5. The Balaban J connectivity index is 3.72. The summed E-state index contributed by atoms with van der Waals surface area (Å²) in [7, 11) is 0. The number of carbonyl (C=O) groups is 2. The number of hydrogen-bond donors (Lipinski definition) is 3. The van der Waals surface area contributed by atoms with Crippen LogP contribution in [0, 0.1) is 0 Å². The summed E-state index contributed by atoms with van der Waals surface area (Å²) in [6.07, 6.45) is -1.53. The fourth-order valence-corrected chi connectivity index (χ4v) is 1.30. The van der Waals surface area contributed by atoms with E-state index in [4.69, 9.17) is 10.2 Å². The van der Waals surface area contributed by atoms with Crippen molar-refractivity contribution in [1.29, 1.82) is 0 Å². The zero-order valence-electron chi connectivity index (χ0n) is 9.11. The second kappa shape index (κ2) is 5.97. The minimum absolute atomic E-state index is 0.0112. The molecule has 0 rings (SSSR count). The Kier molecular flexibility index (Phi) is 5.67. The number of aliphatic hydroxyl groups is 1. The van der Waals surface area contributed by atoms with Crippen LogP contribution in [0.15, 0.2) is 0 Å². The molecule has 0 fully saturated rings. The van der Waals surface area contributed by atoms with Crippen LogP contribution in [0.2, 0.25) is 0 Å². The van der Waals surface area contributed by atoms with Gasteiger partial charge in [-0.25, -0.2) is 4.79 Å². The fourth-order valence-electron chi connectivity index (χ4n) is 0.631. The fraction of sp³-hybridized carbons (Fsp3) is 0.778. The second-order valence-corrected chi connectivity index (χ2v) is 5.86. The largest absolute Gasteiger partial charge is 0.479 e. The summed E-state index contributed by atoms with van der Waals surface area (Å²) >= 11 is 1.46. The van der Waals surface area contributed by atoms with Crippen LogP contribution in [-0.4, -0.2) is 45.2 Å². The van der Waals surface area contributed by atoms with Crippen molar-refractivity contribution < 1.29 is 19.8 Å². The zero-order chi connectivity index (χ0) is 12.1. The van der Waals surface area contributed by atoms with Gasteiger partial charge in [0.15, 0.2) is 6.10 Å². The summed E-state index contributed by atoms with van der Waals surface area (Å²) in [6, 6.07) is 0. The first-order valence-corrected chi connectivity index (χ1v) is 5.52. The lowest BCUT2D eigenvalue weighted by Gasteiger charge is -2.17. The lowest BCUT2D eigenvalue weighted by atomic mass is 10.3. The van der Waals surface area contributed by atoms with Crippen molar-refractivity contribution in [2.24, 2.45) is 0 Å². The Morgan fingerprint density at radius 2 is 1.93 bits per heavy atom. The number of carboxylic acids is 1. The molecule has 0 aromatic heterocycles. The number of nitrogens with one attached hydrogen (secondary N) is 1. The minimum atomic E-state index is -1.53. The van der Waals surface area contributed by atoms with Crippen molar-refractivity contribution in [3.05, 3.63) is 0 Å². The first kappa shape index (κ1) is 14.2. The predicted molar refractivity (Wildman–Crippen MR) is 58.9 cm³/mol. The standard InChI is InChI=1S/C9H17NO4S/c1-9(2,3)15-5-7(12)10-4-6(11)8(13)14/h6,11H,4-5H2,1-3H3,(H,10,12)(H,13,14). The highest BCUT2D eigenvalue weighted by molar-refractivity contribution is 8.01. The summed E-state index contributed by atoms with van der Waals surface area (Å²) in [5.74, 6) is -1.34. The molecule has 1 amide bonds. The van der Waals surface area contributed by atoms with Gasteiger partial charge in [0.25, 0.3) is 0 Å². The van der Waals surface area contributed by atoms with E-state index in [1.807, 2.05) is 20.8 Å². The monoisotopic (exact) mass is 235 g/mol. The van der Waals surface area contributed by atoms with Gasteiger partial charge in [0.1, 0.15) is 0 Å². The van der Waals surface area contributed by atoms with Gasteiger partial charge in [-0.1, -0.05) is 20.8 Å². The van der Waals surface area contributed by atoms with E-state index in [1.54, 1.807) is 0 Å². The van der Waals surface area contributed by atoms with Crippen molar-refractivity contribution >= 4 is 23.6 Å². The van der Waals surface area contributed by atoms with Gasteiger partial charge in [-0.05, 0) is 0 Å². The highest BCUT2D eigenvalue weighted by Gasteiger charge is 2.16. The second-order valence-electron chi connectivity index (χ2n) is 4.06. The Hall–Kier alpha value is -0.750. The van der Waals surface area contributed by atoms with Gasteiger partial charge >= 0.3 is 5.97 Å². The molecule has 0 aromatic carbocycles. The van der Waals surface area contributed by atoms with Crippen molar-refractivity contribution in [3.63, 3.8) is 0 Å². The average Bonchev–Trinajstić information content (AvgIpc) is 2.09. The molecule has 15 heavy (non-hydrogen) atoms. The average molecular weight is 235 g/mol. The van der Waals surface area contributed by atoms with Crippen LogP contribution in [0.1, 0.15) is 20.8 Å². The SMILES string of the molecule is CC(C)(C)SCC(=O)NCC(O)C(=O)O. The summed E-state index contributed by atoms with van der Waals surface area (Å²) in [4.78, 5) is 21.4. The van der Waals surface area contributed by atoms with E-state index in [2.05, 4.69) is 5.32 Å². The maximum Gasteiger partial charge on any atom is 0.334 e. The molecule has 1 atom stereocenters. The first-order chi connectivity index (χ1) is 6.72. The number of thioether (sulfide) groups is 1. The topological polar surface area (TPSA) is 86.6 Å². The molecule has 0 radical (unpaired) electrons. The highest BCUT2D eigenvalue weighted by atomic mass is 32.2. The van der Waals surface area contributed by atoms with E-state index in [1.165, 1.54) is 11.8 Å². The Morgan fingerprint density at radius 1 is 1.40 bits per heavy atom. The molecule has 3 N–H and O–H groups in total. The molecule has 5 nitrogen and oxygen atoms in total. The van der Waals surface area contributed by atoms with E-state index in [0.29, 0.717) is 0 Å². The number of hydrogen-bond acceptors (Lipinski definition) is 4. The van der Waals surface area contributed by atoms with Gasteiger partial charge in [-0.2, -0.15) is 0 Å². The molecule has 0 aliphatic carbocycles. The molecule has 88 valence electrons. The van der Waals surface area contributed by atoms with Crippen molar-refractivity contribution in [2.75, 3.05) is 12.3 Å². The summed E-state index contributed by atoms with van der Waals surface area (Å²) in [5.41, 5.74) is 0. The van der Waals surface area contributed by atoms with E-state index >= 15 is 0 Å². The molecule has 0 saturated heterocycles. The molecule has 0 aromatic rings. The van der Waals surface area contributed by atoms with Crippen LogP contribution in [0.3, 0.4) is 0 Å². The molecule has 0 aliphatic heterocycles. The van der Waals surface area contributed by atoms with Gasteiger partial charge < -0.3 is 15.5 Å². The molecule has 1 unspecified atom stereocenters. The van der Waals surface area contributed by atoms with E-state index in [0.717, 1.165) is 0 Å². The zero-order valence-corrected chi connectivity index (χ0v) is 9.93. The summed E-state index contributed by atoms with van der Waals surface area (Å²) in [5, 5.41) is 19.6. The van der Waals surface area contributed by atoms with E-state index < -0.39 is 12.1 Å². The Morgan fingerprint density at radius 3 is 2.33 bits per heavy atom. The van der Waals surface area contributed by atoms with Crippen LogP contribution >= 0.6 is 11.8 Å². The van der Waals surface area contributed by atoms with Crippen LogP contribution in [0.5, 0.6) is 0 Å². The third kappa shape index (κ3) is 8.26. The third-order valence-corrected chi connectivity index (χ3v) is 2.69. The lowest BCUT2D eigenvalue weighted by molar-refractivity contribution is -0.146. The molecule has 6 heteroatoms. The number of aliphatic carboxylic acids is 1. The smallest absolute Gasteiger partial charge is 0.334 e. The summed E-state index contributed by atoms with van der Waals surface area (Å²) < 4.78 is -0.0112. The number of carbonyl (C=O) groups excluding carboxylic acids is 1. The molecular weight excluding hydrogens is 218 g/mol. The Labute approximate surface area is 93.2 Å². The quantitative estimate of drug-likeness (QED) is 0.628. The molecule has 0 spiro atoms. The van der Waals surface area contributed by atoms with Crippen molar-refractivity contribution in [3.8, 4) is 0 Å². The molecule has 0 saturated carbocycles. The number of aliphatic hydroxyl groups excluding tert-OH is 1. The van der Waals surface area contributed by atoms with Crippen LogP contribution < -0.4 is 5.32 Å². The molecule has 0 bridgehead atoms. The van der Waals surface area contributed by atoms with Gasteiger partial charge in [-0.3, -0.25) is 4.79 Å². The van der Waals surface area contributed by atoms with E-state index in [-0.39, 0.29) is 23.0 Å². The van der Waals surface area contributed by atoms with Crippen LogP contribution in [0.4, 0.5) is 0 Å². The predicted octanol–water partition coefficient (Wildman–Crippen LogP) is 0.0798. The highest BCUT2D eigenvalue weighted by Crippen LogP contribution is 2.22. The van der Waals surface area contributed by atoms with Crippen molar-refractivity contribution in [1.82, 2.24) is 5.32 Å². The van der Waals surface area contributed by atoms with Crippen molar-refractivity contribution in [2.45, 2.75) is 31.6 Å². The van der Waals surface area contributed by atoms with Gasteiger partial charge in [-0.15, -0.1) is 11.8 Å². The van der Waals surface area contributed by atoms with Crippen LogP contribution in [-0.2, 0) is 9.59 Å². The molecule has 0 aliphatic rings. The first-order valence-electron chi connectivity index (χ1n) is 4.54. The maximum atomic E-state index is 11.2. The maximum absolute atomic E-state index is 11.2. The Bertz CT molecular complexity index is 237. The van der Waals surface area contributed by atoms with Gasteiger partial charge in [0, 0.05) is 4.75 Å². The third-order valence-electron chi connectivity index (χ3n) is 1.41. The van der Waals surface area contributed by atoms with Gasteiger partial charge in [0.2, 0.25) is 5.91 Å². The minimum Gasteiger partial charge on any atom is -0.479 e. The van der Waals surface area contributed by atoms with Crippen LogP contribution in [0.25, 0.3) is 0 Å². The normalized spacial score (nSPS) is 13.3. The number of amides is 1. The summed E-state index contributed by atoms with van der Waals surface area (Å²) in [6.45, 7) is 5.70. The lowest BCUT2D eigenvalue weighted by Crippen LogP contribution is -2.37. The number of carboxylic acid groups (broad SMARTS) is 1. The van der Waals surface area contributed by atoms with E-state index in [9.17, 15) is 9.59 Å². The molecule has 0 heterocycles. The molecular formula is C9H17NO4S.